The highest BCUT2D eigenvalue weighted by Crippen LogP contribution is 2.41. The fourth-order valence-corrected chi connectivity index (χ4v) is 6.96. The van der Waals surface area contributed by atoms with Crippen LogP contribution in [0.15, 0.2) is 67.1 Å². The van der Waals surface area contributed by atoms with E-state index in [0.717, 1.165) is 38.2 Å². The van der Waals surface area contributed by atoms with Crippen LogP contribution in [0.5, 0.6) is 5.75 Å². The first kappa shape index (κ1) is 30.4. The smallest absolute Gasteiger partial charge is 0.257 e. The van der Waals surface area contributed by atoms with Crippen LogP contribution < -0.4 is 10.5 Å². The van der Waals surface area contributed by atoms with Crippen molar-refractivity contribution in [1.82, 2.24) is 35.0 Å². The lowest BCUT2D eigenvalue weighted by molar-refractivity contribution is -0.125. The van der Waals surface area contributed by atoms with Gasteiger partial charge in [-0.3, -0.25) is 14.6 Å². The average molecular weight is 609 g/mol. The second-order valence-corrected chi connectivity index (χ2v) is 12.4. The number of methoxy groups -OCH3 is 1. The first-order valence-corrected chi connectivity index (χ1v) is 15.5. The van der Waals surface area contributed by atoms with Crippen molar-refractivity contribution in [2.75, 3.05) is 39.8 Å². The normalized spacial score (nSPS) is 19.8. The number of rotatable bonds is 9. The number of amides is 2. The monoisotopic (exact) mass is 608 g/mol. The number of carbonyl (C=O) groups is 2. The molecule has 11 heteroatoms. The van der Waals surface area contributed by atoms with Crippen molar-refractivity contribution in [3.05, 3.63) is 95.1 Å². The van der Waals surface area contributed by atoms with E-state index in [-0.39, 0.29) is 17.2 Å². The summed E-state index contributed by atoms with van der Waals surface area (Å²) in [6.07, 6.45) is 6.24. The lowest BCUT2D eigenvalue weighted by atomic mass is 9.73. The molecule has 2 aliphatic heterocycles. The van der Waals surface area contributed by atoms with Crippen LogP contribution in [-0.2, 0) is 15.6 Å². The van der Waals surface area contributed by atoms with Gasteiger partial charge in [0.1, 0.15) is 12.1 Å². The van der Waals surface area contributed by atoms with Gasteiger partial charge in [-0.05, 0) is 117 Å². The zero-order valence-electron chi connectivity index (χ0n) is 26.1. The Balaban J connectivity index is 1.23. The van der Waals surface area contributed by atoms with Gasteiger partial charge in [0.15, 0.2) is 0 Å². The fourth-order valence-electron chi connectivity index (χ4n) is 6.96. The lowest BCUT2D eigenvalue weighted by Crippen LogP contribution is -2.51. The van der Waals surface area contributed by atoms with Crippen LogP contribution in [-0.4, -0.2) is 86.6 Å². The Bertz CT molecular complexity index is 1670. The standard InChI is InChI=1S/C34H40N8O3/c1-24-7-8-26(20-25(24)2)33(11-16-40-17-13-34(14-18-40,32(35)44)30-6-4-5-15-36-30)12-19-41(22-33)31(43)28-21-27(9-10-29(28)45-3)42-23-37-38-39-42/h4-10,15,20-21,23H,11-14,16-19,22H2,1-3H3,(H2,35,44). The molecule has 4 aromatic rings. The van der Waals surface area contributed by atoms with E-state index in [0.29, 0.717) is 42.9 Å². The Kier molecular flexibility index (Phi) is 8.37. The van der Waals surface area contributed by atoms with E-state index in [2.05, 4.69) is 57.5 Å². The summed E-state index contributed by atoms with van der Waals surface area (Å²) >= 11 is 0. The number of nitrogens with two attached hydrogens (primary N) is 1. The number of likely N-dealkylation sites (tertiary alicyclic amines) is 2. The third-order valence-electron chi connectivity index (χ3n) is 10.0. The minimum atomic E-state index is -0.740. The predicted octanol–water partition coefficient (Wildman–Crippen LogP) is 3.38. The average Bonchev–Trinajstić information content (AvgIpc) is 3.77. The van der Waals surface area contributed by atoms with Crippen molar-refractivity contribution in [3.8, 4) is 11.4 Å². The summed E-state index contributed by atoms with van der Waals surface area (Å²) in [4.78, 5) is 35.7. The van der Waals surface area contributed by atoms with E-state index in [1.54, 1.807) is 25.4 Å². The van der Waals surface area contributed by atoms with Gasteiger partial charge in [-0.1, -0.05) is 24.3 Å². The molecule has 4 heterocycles. The molecule has 2 N–H and O–H groups in total. The number of benzene rings is 2. The summed E-state index contributed by atoms with van der Waals surface area (Å²) in [7, 11) is 1.57. The first-order valence-electron chi connectivity index (χ1n) is 15.5. The van der Waals surface area contributed by atoms with Gasteiger partial charge in [0.2, 0.25) is 5.91 Å². The number of aromatic nitrogens is 5. The molecule has 6 rings (SSSR count). The molecule has 1 atom stereocenters. The largest absolute Gasteiger partial charge is 0.496 e. The maximum absolute atomic E-state index is 14.1. The highest BCUT2D eigenvalue weighted by molar-refractivity contribution is 5.98. The highest BCUT2D eigenvalue weighted by Gasteiger charge is 2.45. The predicted molar refractivity (Wildman–Crippen MR) is 169 cm³/mol. The number of hydrogen-bond acceptors (Lipinski definition) is 8. The molecule has 2 aromatic carbocycles. The second-order valence-electron chi connectivity index (χ2n) is 12.4. The fraction of sp³-hybridized carbons (Fsp3) is 0.412. The number of piperidine rings is 1. The van der Waals surface area contributed by atoms with Crippen molar-refractivity contribution in [2.45, 2.75) is 50.4 Å². The van der Waals surface area contributed by atoms with E-state index < -0.39 is 5.41 Å². The molecular weight excluding hydrogens is 568 g/mol. The summed E-state index contributed by atoms with van der Waals surface area (Å²) in [6, 6.07) is 17.8. The van der Waals surface area contributed by atoms with E-state index >= 15 is 0 Å². The molecule has 45 heavy (non-hydrogen) atoms. The van der Waals surface area contributed by atoms with Crippen LogP contribution in [0.3, 0.4) is 0 Å². The molecule has 0 saturated carbocycles. The summed E-state index contributed by atoms with van der Waals surface area (Å²) in [5.74, 6) is 0.128. The Morgan fingerprint density at radius 3 is 2.47 bits per heavy atom. The number of primary amides is 1. The molecule has 0 aliphatic carbocycles. The molecule has 0 spiro atoms. The zero-order valence-corrected chi connectivity index (χ0v) is 26.1. The molecule has 0 radical (unpaired) electrons. The summed E-state index contributed by atoms with van der Waals surface area (Å²) in [6.45, 7) is 7.86. The Morgan fingerprint density at radius 2 is 1.80 bits per heavy atom. The molecule has 11 nitrogen and oxygen atoms in total. The highest BCUT2D eigenvalue weighted by atomic mass is 16.5. The Hall–Kier alpha value is -4.64. The van der Waals surface area contributed by atoms with Crippen molar-refractivity contribution < 1.29 is 14.3 Å². The van der Waals surface area contributed by atoms with Gasteiger partial charge >= 0.3 is 0 Å². The number of pyridine rings is 1. The van der Waals surface area contributed by atoms with Crippen LogP contribution in [0.1, 0.15) is 58.4 Å². The molecule has 2 amide bonds. The number of nitrogens with zero attached hydrogens (tertiary/aromatic N) is 7. The number of hydrogen-bond donors (Lipinski definition) is 1. The van der Waals surface area contributed by atoms with E-state index in [1.165, 1.54) is 27.7 Å². The number of tetrazole rings is 1. The molecule has 2 aliphatic rings. The molecular formula is C34H40N8O3. The maximum atomic E-state index is 14.1. The maximum Gasteiger partial charge on any atom is 0.257 e. The molecule has 2 aromatic heterocycles. The number of ether oxygens (including phenoxy) is 1. The molecule has 1 unspecified atom stereocenters. The zero-order chi connectivity index (χ0) is 31.6. The SMILES string of the molecule is COc1ccc(-n2cnnn2)cc1C(=O)N1CCC(CCN2CCC(C(N)=O)(c3ccccn3)CC2)(c2ccc(C)c(C)c2)C1. The van der Waals surface area contributed by atoms with Gasteiger partial charge < -0.3 is 20.3 Å². The number of aryl methyl sites for hydroxylation is 2. The summed E-state index contributed by atoms with van der Waals surface area (Å²) < 4.78 is 7.13. The topological polar surface area (TPSA) is 132 Å². The van der Waals surface area contributed by atoms with Crippen LogP contribution in [0.25, 0.3) is 5.69 Å². The van der Waals surface area contributed by atoms with Crippen molar-refractivity contribution in [1.29, 1.82) is 0 Å². The summed E-state index contributed by atoms with van der Waals surface area (Å²) in [5.41, 5.74) is 10.7. The third kappa shape index (κ3) is 5.80. The lowest BCUT2D eigenvalue weighted by Gasteiger charge is -2.40. The summed E-state index contributed by atoms with van der Waals surface area (Å²) in [5, 5.41) is 11.4. The van der Waals surface area contributed by atoms with Crippen LogP contribution in [0, 0.1) is 13.8 Å². The molecule has 234 valence electrons. The Morgan fingerprint density at radius 1 is 0.978 bits per heavy atom. The van der Waals surface area contributed by atoms with Gasteiger partial charge in [-0.15, -0.1) is 5.10 Å². The van der Waals surface area contributed by atoms with Crippen molar-refractivity contribution in [2.24, 2.45) is 5.73 Å². The molecule has 2 saturated heterocycles. The second kappa shape index (κ2) is 12.4. The van der Waals surface area contributed by atoms with Gasteiger partial charge in [0, 0.05) is 24.7 Å². The van der Waals surface area contributed by atoms with Crippen LogP contribution >= 0.6 is 0 Å². The quantitative estimate of drug-likeness (QED) is 0.306. The minimum absolute atomic E-state index is 0.0768. The van der Waals surface area contributed by atoms with Crippen molar-refractivity contribution >= 4 is 11.8 Å². The number of carbonyl (C=O) groups excluding carboxylic acids is 2. The van der Waals surface area contributed by atoms with Crippen molar-refractivity contribution in [3.63, 3.8) is 0 Å². The van der Waals surface area contributed by atoms with Gasteiger partial charge in [-0.2, -0.15) is 0 Å². The van der Waals surface area contributed by atoms with E-state index in [9.17, 15) is 9.59 Å². The first-order chi connectivity index (χ1) is 21.7. The Labute approximate surface area is 263 Å². The van der Waals surface area contributed by atoms with Gasteiger partial charge in [0.25, 0.3) is 5.91 Å². The van der Waals surface area contributed by atoms with Crippen LogP contribution in [0.2, 0.25) is 0 Å². The van der Waals surface area contributed by atoms with Gasteiger partial charge in [0.05, 0.1) is 29.5 Å². The van der Waals surface area contributed by atoms with Gasteiger partial charge in [-0.25, -0.2) is 4.68 Å². The van der Waals surface area contributed by atoms with E-state index in [4.69, 9.17) is 10.5 Å². The molecule has 2 fully saturated rings. The van der Waals surface area contributed by atoms with Crippen LogP contribution in [0.4, 0.5) is 0 Å². The minimum Gasteiger partial charge on any atom is -0.496 e. The molecule has 0 bridgehead atoms. The third-order valence-corrected chi connectivity index (χ3v) is 10.0. The van der Waals surface area contributed by atoms with E-state index in [1.807, 2.05) is 29.2 Å².